The molecule has 0 amide bonds. The summed E-state index contributed by atoms with van der Waals surface area (Å²) in [6.07, 6.45) is 4.01. The molecule has 0 aliphatic heterocycles. The molecule has 0 saturated carbocycles. The summed E-state index contributed by atoms with van der Waals surface area (Å²) in [5, 5.41) is 3.28. The second-order valence-electron chi connectivity index (χ2n) is 4.79. The molecule has 1 N–H and O–H groups in total. The van der Waals surface area contributed by atoms with E-state index in [9.17, 15) is 0 Å². The summed E-state index contributed by atoms with van der Waals surface area (Å²) >= 11 is 0. The fourth-order valence-corrected chi connectivity index (χ4v) is 2.41. The molecule has 102 valence electrons. The molecule has 0 atom stereocenters. The smallest absolute Gasteiger partial charge is 0.0423 e. The second kappa shape index (κ2) is 6.25. The lowest BCUT2D eigenvalue weighted by atomic mass is 9.92. The number of hydrogen-bond donors (Lipinski definition) is 1. The maximum atomic E-state index is 3.94. The topological polar surface area (TPSA) is 12.0 Å². The van der Waals surface area contributed by atoms with Gasteiger partial charge >= 0.3 is 0 Å². The highest BCUT2D eigenvalue weighted by Gasteiger charge is 2.11. The highest BCUT2D eigenvalue weighted by molar-refractivity contribution is 5.91. The van der Waals surface area contributed by atoms with E-state index in [0.29, 0.717) is 0 Å². The summed E-state index contributed by atoms with van der Waals surface area (Å²) in [6.45, 7) is 8.09. The van der Waals surface area contributed by atoms with Crippen molar-refractivity contribution in [3.63, 3.8) is 0 Å². The Kier molecular flexibility index (Phi) is 4.41. The molecule has 0 heterocycles. The summed E-state index contributed by atoms with van der Waals surface area (Å²) in [5.74, 6) is 0. The van der Waals surface area contributed by atoms with Gasteiger partial charge in [-0.3, -0.25) is 0 Å². The van der Waals surface area contributed by atoms with Gasteiger partial charge in [-0.05, 0) is 36.6 Å². The van der Waals surface area contributed by atoms with Crippen LogP contribution in [-0.2, 0) is 0 Å². The van der Waals surface area contributed by atoms with Gasteiger partial charge in [-0.25, -0.2) is 0 Å². The second-order valence-corrected chi connectivity index (χ2v) is 4.79. The zero-order valence-corrected chi connectivity index (χ0v) is 12.4. The minimum absolute atomic E-state index is 1.12. The van der Waals surface area contributed by atoms with E-state index in [2.05, 4.69) is 67.4 Å². The molecule has 0 fully saturated rings. The fourth-order valence-electron chi connectivity index (χ4n) is 2.41. The van der Waals surface area contributed by atoms with Crippen LogP contribution in [0.2, 0.25) is 0 Å². The first-order valence-electron chi connectivity index (χ1n) is 6.88. The van der Waals surface area contributed by atoms with Gasteiger partial charge in [-0.2, -0.15) is 0 Å². The third-order valence-corrected chi connectivity index (χ3v) is 3.52. The highest BCUT2D eigenvalue weighted by Crippen LogP contribution is 2.35. The van der Waals surface area contributed by atoms with Crippen molar-refractivity contribution >= 4 is 11.3 Å². The Hall–Kier alpha value is -2.28. The van der Waals surface area contributed by atoms with Crippen LogP contribution in [-0.4, -0.2) is 7.05 Å². The first-order chi connectivity index (χ1) is 9.71. The van der Waals surface area contributed by atoms with Gasteiger partial charge in [0.1, 0.15) is 0 Å². The molecule has 1 heteroatoms. The summed E-state index contributed by atoms with van der Waals surface area (Å²) in [6, 6.07) is 15.0. The zero-order chi connectivity index (χ0) is 14.5. The lowest BCUT2D eigenvalue weighted by Gasteiger charge is -2.16. The number of anilines is 1. The number of benzene rings is 2. The van der Waals surface area contributed by atoms with Crippen LogP contribution < -0.4 is 5.32 Å². The van der Waals surface area contributed by atoms with E-state index < -0.39 is 0 Å². The van der Waals surface area contributed by atoms with Crippen molar-refractivity contribution in [2.24, 2.45) is 0 Å². The van der Waals surface area contributed by atoms with Crippen LogP contribution in [0, 0.1) is 6.92 Å². The van der Waals surface area contributed by atoms with Gasteiger partial charge in [0.25, 0.3) is 0 Å². The fraction of sp³-hybridized carbons (Fsp3) is 0.158. The molecule has 2 aromatic rings. The predicted octanol–water partition coefficient (Wildman–Crippen LogP) is 5.29. The summed E-state index contributed by atoms with van der Waals surface area (Å²) in [5.41, 5.74) is 7.20. The van der Waals surface area contributed by atoms with Gasteiger partial charge in [-0.15, -0.1) is 0 Å². The maximum absolute atomic E-state index is 3.94. The average molecular weight is 263 g/mol. The van der Waals surface area contributed by atoms with Crippen molar-refractivity contribution in [3.8, 4) is 11.1 Å². The van der Waals surface area contributed by atoms with Crippen LogP contribution in [0.5, 0.6) is 0 Å². The monoisotopic (exact) mass is 263 g/mol. The third kappa shape index (κ3) is 2.67. The van der Waals surface area contributed by atoms with E-state index in [1.807, 2.05) is 20.0 Å². The van der Waals surface area contributed by atoms with Crippen LogP contribution >= 0.6 is 0 Å². The molecule has 0 bridgehead atoms. The van der Waals surface area contributed by atoms with Gasteiger partial charge in [0.2, 0.25) is 0 Å². The molecular formula is C19H21N. The molecule has 0 saturated heterocycles. The first-order valence-corrected chi connectivity index (χ1v) is 6.88. The van der Waals surface area contributed by atoms with Crippen LogP contribution in [0.1, 0.15) is 18.1 Å². The molecule has 20 heavy (non-hydrogen) atoms. The third-order valence-electron chi connectivity index (χ3n) is 3.52. The van der Waals surface area contributed by atoms with Crippen LogP contribution in [0.4, 0.5) is 5.69 Å². The average Bonchev–Trinajstić information content (AvgIpc) is 2.49. The lowest BCUT2D eigenvalue weighted by Crippen LogP contribution is -1.97. The Morgan fingerprint density at radius 3 is 2.35 bits per heavy atom. The highest BCUT2D eigenvalue weighted by atomic mass is 14.8. The van der Waals surface area contributed by atoms with Gasteiger partial charge < -0.3 is 5.32 Å². The van der Waals surface area contributed by atoms with Crippen molar-refractivity contribution < 1.29 is 0 Å². The van der Waals surface area contributed by atoms with Crippen molar-refractivity contribution in [2.75, 3.05) is 12.4 Å². The van der Waals surface area contributed by atoms with Crippen molar-refractivity contribution in [1.82, 2.24) is 0 Å². The molecule has 2 rings (SSSR count). The Labute approximate surface area is 121 Å². The van der Waals surface area contributed by atoms with E-state index in [4.69, 9.17) is 0 Å². The SMILES string of the molecule is C=C/C(=C\C)c1c(NC)cccc1-c1ccc(C)cc1. The predicted molar refractivity (Wildman–Crippen MR) is 90.0 cm³/mol. The molecule has 0 radical (unpaired) electrons. The Morgan fingerprint density at radius 2 is 1.80 bits per heavy atom. The first kappa shape index (κ1) is 14.1. The summed E-state index contributed by atoms with van der Waals surface area (Å²) < 4.78 is 0. The van der Waals surface area contributed by atoms with Crippen LogP contribution in [0.15, 0.2) is 61.2 Å². The van der Waals surface area contributed by atoms with Crippen LogP contribution in [0.25, 0.3) is 16.7 Å². The minimum Gasteiger partial charge on any atom is -0.388 e. The largest absolute Gasteiger partial charge is 0.388 e. The molecule has 0 unspecified atom stereocenters. The molecular weight excluding hydrogens is 242 g/mol. The number of rotatable bonds is 4. The molecule has 0 spiro atoms. The minimum atomic E-state index is 1.12. The van der Waals surface area contributed by atoms with Gasteiger partial charge in [0.15, 0.2) is 0 Å². The number of nitrogens with one attached hydrogen (secondary N) is 1. The number of allylic oxidation sites excluding steroid dienone is 3. The summed E-state index contributed by atoms with van der Waals surface area (Å²) in [7, 11) is 1.95. The van der Waals surface area contributed by atoms with Crippen molar-refractivity contribution in [1.29, 1.82) is 0 Å². The van der Waals surface area contributed by atoms with E-state index in [-0.39, 0.29) is 0 Å². The standard InChI is InChI=1S/C19H21N/c1-5-15(6-2)19-17(8-7-9-18(19)20-4)16-12-10-14(3)11-13-16/h5-13,20H,1H2,2-4H3/b15-6+. The van der Waals surface area contributed by atoms with Gasteiger partial charge in [0, 0.05) is 18.3 Å². The maximum Gasteiger partial charge on any atom is 0.0423 e. The van der Waals surface area contributed by atoms with Gasteiger partial charge in [-0.1, -0.05) is 60.7 Å². The quantitative estimate of drug-likeness (QED) is 0.739. The molecule has 0 aliphatic carbocycles. The molecule has 0 aromatic heterocycles. The van der Waals surface area contributed by atoms with Crippen LogP contribution in [0.3, 0.4) is 0 Å². The van der Waals surface area contributed by atoms with E-state index in [0.717, 1.165) is 11.3 Å². The summed E-state index contributed by atoms with van der Waals surface area (Å²) in [4.78, 5) is 0. The van der Waals surface area contributed by atoms with Crippen molar-refractivity contribution in [2.45, 2.75) is 13.8 Å². The van der Waals surface area contributed by atoms with E-state index in [1.54, 1.807) is 0 Å². The Bertz CT molecular complexity index is 633. The molecule has 2 aromatic carbocycles. The normalized spacial score (nSPS) is 11.2. The van der Waals surface area contributed by atoms with Crippen molar-refractivity contribution in [3.05, 3.63) is 72.3 Å². The molecule has 0 aliphatic rings. The number of aryl methyl sites for hydroxylation is 1. The Balaban J connectivity index is 2.69. The lowest BCUT2D eigenvalue weighted by molar-refractivity contribution is 1.44. The number of hydrogen-bond acceptors (Lipinski definition) is 1. The zero-order valence-electron chi connectivity index (χ0n) is 12.4. The van der Waals surface area contributed by atoms with E-state index >= 15 is 0 Å². The van der Waals surface area contributed by atoms with Gasteiger partial charge in [0.05, 0.1) is 0 Å². The molecule has 1 nitrogen and oxygen atoms in total. The Morgan fingerprint density at radius 1 is 1.10 bits per heavy atom. The van der Waals surface area contributed by atoms with E-state index in [1.165, 1.54) is 22.3 Å².